The second kappa shape index (κ2) is 9.29. The van der Waals surface area contributed by atoms with Crippen molar-refractivity contribution in [1.82, 2.24) is 0 Å². The van der Waals surface area contributed by atoms with Gasteiger partial charge in [0.15, 0.2) is 11.5 Å². The third-order valence-electron chi connectivity index (χ3n) is 4.72. The monoisotopic (exact) mass is 425 g/mol. The first kappa shape index (κ1) is 21.8. The molecule has 2 aromatic carbocycles. The van der Waals surface area contributed by atoms with Crippen molar-refractivity contribution in [3.8, 4) is 11.5 Å². The summed E-state index contributed by atoms with van der Waals surface area (Å²) in [4.78, 5) is 37.5. The number of ether oxygens (including phenoxy) is 3. The Morgan fingerprint density at radius 1 is 1.03 bits per heavy atom. The lowest BCUT2D eigenvalue weighted by molar-refractivity contribution is -0.118. The molecule has 0 atom stereocenters. The van der Waals surface area contributed by atoms with E-state index in [1.54, 1.807) is 6.07 Å². The van der Waals surface area contributed by atoms with Crippen molar-refractivity contribution in [1.29, 1.82) is 0 Å². The van der Waals surface area contributed by atoms with Crippen LogP contribution in [0.1, 0.15) is 28.8 Å². The third kappa shape index (κ3) is 4.66. The zero-order valence-corrected chi connectivity index (χ0v) is 17.7. The zero-order valence-electron chi connectivity index (χ0n) is 17.7. The van der Waals surface area contributed by atoms with E-state index in [1.165, 1.54) is 38.5 Å². The van der Waals surface area contributed by atoms with Crippen molar-refractivity contribution in [3.63, 3.8) is 0 Å². The predicted octanol–water partition coefficient (Wildman–Crippen LogP) is 2.92. The van der Waals surface area contributed by atoms with Gasteiger partial charge in [0.25, 0.3) is 5.91 Å². The van der Waals surface area contributed by atoms with Gasteiger partial charge in [0.2, 0.25) is 5.91 Å². The Kier molecular flexibility index (Phi) is 6.54. The lowest BCUT2D eigenvalue weighted by Gasteiger charge is -2.23. The van der Waals surface area contributed by atoms with E-state index in [2.05, 4.69) is 10.4 Å². The van der Waals surface area contributed by atoms with Crippen LogP contribution in [-0.4, -0.2) is 44.8 Å². The van der Waals surface area contributed by atoms with Gasteiger partial charge in [-0.1, -0.05) is 12.1 Å². The number of hydrazone groups is 1. The van der Waals surface area contributed by atoms with Crippen LogP contribution in [0, 0.1) is 6.92 Å². The van der Waals surface area contributed by atoms with Crippen molar-refractivity contribution in [2.75, 3.05) is 31.7 Å². The number of hydrogen-bond acceptors (Lipinski definition) is 7. The van der Waals surface area contributed by atoms with Crippen molar-refractivity contribution in [2.45, 2.75) is 19.8 Å². The van der Waals surface area contributed by atoms with Crippen LogP contribution in [0.4, 0.5) is 11.4 Å². The van der Waals surface area contributed by atoms with E-state index >= 15 is 0 Å². The summed E-state index contributed by atoms with van der Waals surface area (Å²) in [5.74, 6) is -0.760. The van der Waals surface area contributed by atoms with Gasteiger partial charge in [-0.3, -0.25) is 9.59 Å². The maximum absolute atomic E-state index is 12.9. The Hall–Kier alpha value is -3.88. The summed E-state index contributed by atoms with van der Waals surface area (Å²) >= 11 is 0. The van der Waals surface area contributed by atoms with E-state index in [0.29, 0.717) is 17.2 Å². The topological polar surface area (TPSA) is 107 Å². The molecule has 0 aromatic heterocycles. The fourth-order valence-electron chi connectivity index (χ4n) is 3.13. The lowest BCUT2D eigenvalue weighted by atomic mass is 10.1. The molecular formula is C22H23N3O6. The standard InChI is InChI=1S/C22H23N3O6/c1-13-6-5-7-14(10-13)25-20(26)9-8-16(24-25)21(27)23-17-12-19(30-3)18(29-2)11-15(17)22(28)31-4/h5-7,10-12H,8-9H2,1-4H3,(H,23,27). The molecule has 1 N–H and O–H groups in total. The van der Waals surface area contributed by atoms with E-state index in [0.717, 1.165) is 5.56 Å². The largest absolute Gasteiger partial charge is 0.493 e. The summed E-state index contributed by atoms with van der Waals surface area (Å²) in [5, 5.41) is 8.16. The van der Waals surface area contributed by atoms with Crippen LogP contribution in [0.25, 0.3) is 0 Å². The van der Waals surface area contributed by atoms with Gasteiger partial charge in [-0.25, -0.2) is 9.80 Å². The molecule has 1 heterocycles. The number of hydrogen-bond donors (Lipinski definition) is 1. The molecule has 0 spiro atoms. The van der Waals surface area contributed by atoms with Gasteiger partial charge in [-0.05, 0) is 24.6 Å². The van der Waals surface area contributed by atoms with E-state index in [-0.39, 0.29) is 35.7 Å². The minimum atomic E-state index is -0.654. The number of carbonyl (C=O) groups is 3. The van der Waals surface area contributed by atoms with Gasteiger partial charge < -0.3 is 19.5 Å². The summed E-state index contributed by atoms with van der Waals surface area (Å²) < 4.78 is 15.3. The number of nitrogens with one attached hydrogen (secondary N) is 1. The number of nitrogens with zero attached hydrogens (tertiary/aromatic N) is 2. The minimum Gasteiger partial charge on any atom is -0.493 e. The fraction of sp³-hybridized carbons (Fsp3) is 0.273. The van der Waals surface area contributed by atoms with Crippen LogP contribution in [-0.2, 0) is 14.3 Å². The van der Waals surface area contributed by atoms with Crippen molar-refractivity contribution in [2.24, 2.45) is 5.10 Å². The average molecular weight is 425 g/mol. The molecule has 0 saturated heterocycles. The molecule has 1 aliphatic heterocycles. The van der Waals surface area contributed by atoms with Crippen LogP contribution in [0.2, 0.25) is 0 Å². The molecule has 1 aliphatic rings. The summed E-state index contributed by atoms with van der Waals surface area (Å²) in [6, 6.07) is 10.2. The molecular weight excluding hydrogens is 402 g/mol. The number of carbonyl (C=O) groups excluding carboxylic acids is 3. The molecule has 2 aromatic rings. The molecule has 0 unspecified atom stereocenters. The first-order valence-electron chi connectivity index (χ1n) is 9.50. The first-order valence-corrected chi connectivity index (χ1v) is 9.50. The molecule has 0 fully saturated rings. The molecule has 0 aliphatic carbocycles. The van der Waals surface area contributed by atoms with Gasteiger partial charge in [-0.15, -0.1) is 0 Å². The predicted molar refractivity (Wildman–Crippen MR) is 115 cm³/mol. The highest BCUT2D eigenvalue weighted by Crippen LogP contribution is 2.34. The van der Waals surface area contributed by atoms with Gasteiger partial charge in [0.05, 0.1) is 38.3 Å². The Morgan fingerprint density at radius 3 is 2.39 bits per heavy atom. The molecule has 0 saturated carbocycles. The molecule has 162 valence electrons. The Balaban J connectivity index is 1.94. The maximum Gasteiger partial charge on any atom is 0.340 e. The Morgan fingerprint density at radius 2 is 1.74 bits per heavy atom. The number of methoxy groups -OCH3 is 3. The quantitative estimate of drug-likeness (QED) is 0.714. The smallest absolute Gasteiger partial charge is 0.340 e. The Labute approximate surface area is 179 Å². The summed E-state index contributed by atoms with van der Waals surface area (Å²) in [5.41, 5.74) is 1.97. The third-order valence-corrected chi connectivity index (χ3v) is 4.72. The van der Waals surface area contributed by atoms with Crippen molar-refractivity contribution in [3.05, 3.63) is 47.5 Å². The van der Waals surface area contributed by atoms with E-state index in [9.17, 15) is 14.4 Å². The molecule has 0 bridgehead atoms. The fourth-order valence-corrected chi connectivity index (χ4v) is 3.13. The van der Waals surface area contributed by atoms with Crippen LogP contribution in [0.5, 0.6) is 11.5 Å². The number of anilines is 2. The molecule has 9 nitrogen and oxygen atoms in total. The zero-order chi connectivity index (χ0) is 22.5. The van der Waals surface area contributed by atoms with Crippen molar-refractivity contribution >= 4 is 34.9 Å². The molecule has 31 heavy (non-hydrogen) atoms. The highest BCUT2D eigenvalue weighted by Gasteiger charge is 2.27. The number of benzene rings is 2. The highest BCUT2D eigenvalue weighted by atomic mass is 16.5. The lowest BCUT2D eigenvalue weighted by Crippen LogP contribution is -2.36. The highest BCUT2D eigenvalue weighted by molar-refractivity contribution is 6.44. The van der Waals surface area contributed by atoms with E-state index in [1.807, 2.05) is 25.1 Å². The number of esters is 1. The average Bonchev–Trinajstić information content (AvgIpc) is 2.78. The van der Waals surface area contributed by atoms with Gasteiger partial charge >= 0.3 is 5.97 Å². The van der Waals surface area contributed by atoms with Crippen LogP contribution in [0.3, 0.4) is 0 Å². The number of aryl methyl sites for hydroxylation is 1. The van der Waals surface area contributed by atoms with Gasteiger partial charge in [-0.2, -0.15) is 5.10 Å². The summed E-state index contributed by atoms with van der Waals surface area (Å²) in [7, 11) is 4.11. The SMILES string of the molecule is COC(=O)c1cc(OC)c(OC)cc1NC(=O)C1=NN(c2cccc(C)c2)C(=O)CC1. The summed E-state index contributed by atoms with van der Waals surface area (Å²) in [6.45, 7) is 1.90. The van der Waals surface area contributed by atoms with Crippen LogP contribution >= 0.6 is 0 Å². The van der Waals surface area contributed by atoms with E-state index < -0.39 is 11.9 Å². The number of amides is 2. The summed E-state index contributed by atoms with van der Waals surface area (Å²) in [6.07, 6.45) is 0.309. The Bertz CT molecular complexity index is 1060. The van der Waals surface area contributed by atoms with Crippen LogP contribution < -0.4 is 19.8 Å². The maximum atomic E-state index is 12.9. The van der Waals surface area contributed by atoms with Gasteiger partial charge in [0.1, 0.15) is 5.71 Å². The van der Waals surface area contributed by atoms with Crippen LogP contribution in [0.15, 0.2) is 41.5 Å². The first-order chi connectivity index (χ1) is 14.9. The van der Waals surface area contributed by atoms with E-state index in [4.69, 9.17) is 14.2 Å². The number of rotatable bonds is 6. The molecule has 3 rings (SSSR count). The normalized spacial score (nSPS) is 13.4. The molecule has 2 amide bonds. The molecule has 0 radical (unpaired) electrons. The second-order valence-corrected chi connectivity index (χ2v) is 6.79. The van der Waals surface area contributed by atoms with Crippen molar-refractivity contribution < 1.29 is 28.6 Å². The van der Waals surface area contributed by atoms with Gasteiger partial charge in [0, 0.05) is 25.0 Å². The minimum absolute atomic E-state index is 0.0940. The molecule has 9 heteroatoms. The second-order valence-electron chi connectivity index (χ2n) is 6.79.